The van der Waals surface area contributed by atoms with E-state index in [1.54, 1.807) is 12.1 Å². The van der Waals surface area contributed by atoms with Crippen molar-refractivity contribution in [3.63, 3.8) is 0 Å². The summed E-state index contributed by atoms with van der Waals surface area (Å²) in [4.78, 5) is 0. The first-order valence-electron chi connectivity index (χ1n) is 6.69. The van der Waals surface area contributed by atoms with Gasteiger partial charge in [-0.25, -0.2) is 4.39 Å². The molecular weight excluding hydrogens is 321 g/mol. The molecule has 0 amide bonds. The van der Waals surface area contributed by atoms with Gasteiger partial charge in [0.15, 0.2) is 0 Å². The van der Waals surface area contributed by atoms with E-state index in [0.717, 1.165) is 28.0 Å². The molecule has 0 aliphatic rings. The summed E-state index contributed by atoms with van der Waals surface area (Å²) < 4.78 is 16.6. The van der Waals surface area contributed by atoms with Gasteiger partial charge in [-0.15, -0.1) is 0 Å². The second-order valence-corrected chi connectivity index (χ2v) is 5.81. The van der Waals surface area contributed by atoms with Crippen LogP contribution in [0, 0.1) is 19.7 Å². The Labute approximate surface area is 127 Å². The van der Waals surface area contributed by atoms with Gasteiger partial charge in [0.25, 0.3) is 0 Å². The SMILES string of the molecule is CCn1nc(C)c(C(C)Nc2cc(Br)ccc2F)c1C. The first-order valence-corrected chi connectivity index (χ1v) is 7.48. The van der Waals surface area contributed by atoms with Gasteiger partial charge in [-0.2, -0.15) is 5.10 Å². The van der Waals surface area contributed by atoms with Gasteiger partial charge in [0.2, 0.25) is 0 Å². The minimum absolute atomic E-state index is 0.000833. The maximum Gasteiger partial charge on any atom is 0.146 e. The van der Waals surface area contributed by atoms with Crippen molar-refractivity contribution in [3.8, 4) is 0 Å². The van der Waals surface area contributed by atoms with Crippen molar-refractivity contribution in [2.24, 2.45) is 0 Å². The average molecular weight is 340 g/mol. The predicted molar refractivity (Wildman–Crippen MR) is 83.5 cm³/mol. The van der Waals surface area contributed by atoms with E-state index in [1.165, 1.54) is 6.07 Å². The van der Waals surface area contributed by atoms with Gasteiger partial charge in [-0.1, -0.05) is 15.9 Å². The number of nitrogens with zero attached hydrogens (tertiary/aromatic N) is 2. The number of aromatic nitrogens is 2. The van der Waals surface area contributed by atoms with Gasteiger partial charge in [0.1, 0.15) is 5.82 Å². The summed E-state index contributed by atoms with van der Waals surface area (Å²) in [5.74, 6) is -0.252. The quantitative estimate of drug-likeness (QED) is 0.882. The minimum Gasteiger partial charge on any atom is -0.376 e. The Kier molecular flexibility index (Phi) is 4.48. The lowest BCUT2D eigenvalue weighted by Gasteiger charge is -2.17. The molecule has 108 valence electrons. The summed E-state index contributed by atoms with van der Waals surface area (Å²) in [5.41, 5.74) is 3.74. The summed E-state index contributed by atoms with van der Waals surface area (Å²) in [6.07, 6.45) is 0. The second kappa shape index (κ2) is 5.95. The van der Waals surface area contributed by atoms with Crippen LogP contribution in [0.3, 0.4) is 0 Å². The van der Waals surface area contributed by atoms with Crippen molar-refractivity contribution in [1.29, 1.82) is 0 Å². The Bertz CT molecular complexity index is 622. The van der Waals surface area contributed by atoms with E-state index in [9.17, 15) is 4.39 Å². The average Bonchev–Trinajstić information content (AvgIpc) is 2.68. The Morgan fingerprint density at radius 2 is 2.10 bits per heavy atom. The van der Waals surface area contributed by atoms with Gasteiger partial charge in [-0.3, -0.25) is 4.68 Å². The number of nitrogens with one attached hydrogen (secondary N) is 1. The molecule has 20 heavy (non-hydrogen) atoms. The molecule has 0 saturated carbocycles. The number of hydrogen-bond donors (Lipinski definition) is 1. The van der Waals surface area contributed by atoms with Crippen LogP contribution in [0.15, 0.2) is 22.7 Å². The van der Waals surface area contributed by atoms with E-state index in [2.05, 4.69) is 33.3 Å². The van der Waals surface area contributed by atoms with Crippen LogP contribution in [-0.4, -0.2) is 9.78 Å². The second-order valence-electron chi connectivity index (χ2n) is 4.89. The van der Waals surface area contributed by atoms with Crippen LogP contribution in [0.5, 0.6) is 0 Å². The zero-order valence-electron chi connectivity index (χ0n) is 12.2. The normalized spacial score (nSPS) is 12.5. The Hall–Kier alpha value is -1.36. The molecule has 2 aromatic rings. The van der Waals surface area contributed by atoms with E-state index in [1.807, 2.05) is 25.5 Å². The first-order chi connectivity index (χ1) is 9.43. The lowest BCUT2D eigenvalue weighted by molar-refractivity contribution is 0.625. The van der Waals surface area contributed by atoms with Crippen LogP contribution in [0.2, 0.25) is 0 Å². The lowest BCUT2D eigenvalue weighted by atomic mass is 10.1. The minimum atomic E-state index is -0.252. The molecule has 1 heterocycles. The van der Waals surface area contributed by atoms with Crippen molar-refractivity contribution < 1.29 is 4.39 Å². The Balaban J connectivity index is 2.30. The largest absolute Gasteiger partial charge is 0.376 e. The highest BCUT2D eigenvalue weighted by Crippen LogP contribution is 2.28. The van der Waals surface area contributed by atoms with Gasteiger partial charge < -0.3 is 5.32 Å². The highest BCUT2D eigenvalue weighted by Gasteiger charge is 2.18. The molecule has 1 aromatic heterocycles. The molecule has 0 spiro atoms. The van der Waals surface area contributed by atoms with Crippen molar-refractivity contribution in [2.75, 3.05) is 5.32 Å². The van der Waals surface area contributed by atoms with Gasteiger partial charge in [0, 0.05) is 22.3 Å². The molecule has 2 rings (SSSR count). The number of aryl methyl sites for hydroxylation is 2. The Morgan fingerprint density at radius 3 is 2.70 bits per heavy atom. The molecule has 0 bridgehead atoms. The summed E-state index contributed by atoms with van der Waals surface area (Å²) in [6, 6.07) is 4.89. The van der Waals surface area contributed by atoms with Crippen molar-refractivity contribution in [2.45, 2.75) is 40.3 Å². The van der Waals surface area contributed by atoms with Gasteiger partial charge in [-0.05, 0) is 45.9 Å². The van der Waals surface area contributed by atoms with Crippen molar-refractivity contribution >= 4 is 21.6 Å². The molecule has 1 unspecified atom stereocenters. The van der Waals surface area contributed by atoms with Crippen LogP contribution < -0.4 is 5.32 Å². The summed E-state index contributed by atoms with van der Waals surface area (Å²) in [5, 5.41) is 7.73. The van der Waals surface area contributed by atoms with Crippen LogP contribution >= 0.6 is 15.9 Å². The predicted octanol–water partition coefficient (Wildman–Crippen LogP) is 4.59. The summed E-state index contributed by atoms with van der Waals surface area (Å²) >= 11 is 3.36. The molecule has 3 nitrogen and oxygen atoms in total. The van der Waals surface area contributed by atoms with Crippen LogP contribution in [0.1, 0.15) is 36.8 Å². The topological polar surface area (TPSA) is 29.9 Å². The standard InChI is InChI=1S/C15H19BrFN3/c1-5-20-11(4)15(10(3)19-20)9(2)18-14-8-12(16)6-7-13(14)17/h6-9,18H,5H2,1-4H3. The highest BCUT2D eigenvalue weighted by atomic mass is 79.9. The maximum atomic E-state index is 13.8. The molecule has 0 saturated heterocycles. The van der Waals surface area contributed by atoms with Crippen molar-refractivity contribution in [3.05, 3.63) is 45.4 Å². The number of hydrogen-bond acceptors (Lipinski definition) is 2. The van der Waals surface area contributed by atoms with Crippen LogP contribution in [0.4, 0.5) is 10.1 Å². The molecule has 0 fully saturated rings. The molecule has 1 N–H and O–H groups in total. The molecular formula is C15H19BrFN3. The number of anilines is 1. The van der Waals surface area contributed by atoms with E-state index in [0.29, 0.717) is 5.69 Å². The smallest absolute Gasteiger partial charge is 0.146 e. The van der Waals surface area contributed by atoms with Crippen LogP contribution in [0.25, 0.3) is 0 Å². The fourth-order valence-electron chi connectivity index (χ4n) is 2.56. The third kappa shape index (κ3) is 2.87. The monoisotopic (exact) mass is 339 g/mol. The Morgan fingerprint density at radius 1 is 1.40 bits per heavy atom. The molecule has 0 aliphatic heterocycles. The first kappa shape index (κ1) is 15.0. The maximum absolute atomic E-state index is 13.8. The zero-order valence-corrected chi connectivity index (χ0v) is 13.8. The van der Waals surface area contributed by atoms with E-state index in [-0.39, 0.29) is 11.9 Å². The fourth-order valence-corrected chi connectivity index (χ4v) is 2.92. The molecule has 0 aliphatic carbocycles. The van der Waals surface area contributed by atoms with Crippen molar-refractivity contribution in [1.82, 2.24) is 9.78 Å². The highest BCUT2D eigenvalue weighted by molar-refractivity contribution is 9.10. The molecule has 1 atom stereocenters. The van der Waals surface area contributed by atoms with E-state index >= 15 is 0 Å². The third-order valence-electron chi connectivity index (χ3n) is 3.47. The van der Waals surface area contributed by atoms with E-state index < -0.39 is 0 Å². The third-order valence-corrected chi connectivity index (χ3v) is 3.96. The summed E-state index contributed by atoms with van der Waals surface area (Å²) in [7, 11) is 0. The van der Waals surface area contributed by atoms with Crippen LogP contribution in [-0.2, 0) is 6.54 Å². The fraction of sp³-hybridized carbons (Fsp3) is 0.400. The molecule has 0 radical (unpaired) electrons. The van der Waals surface area contributed by atoms with Gasteiger partial charge in [0.05, 0.1) is 17.4 Å². The van der Waals surface area contributed by atoms with Gasteiger partial charge >= 0.3 is 0 Å². The number of benzene rings is 1. The molecule has 1 aromatic carbocycles. The van der Waals surface area contributed by atoms with E-state index in [4.69, 9.17) is 0 Å². The molecule has 5 heteroatoms. The number of rotatable bonds is 4. The lowest BCUT2D eigenvalue weighted by Crippen LogP contribution is -2.10. The number of halogens is 2. The summed E-state index contributed by atoms with van der Waals surface area (Å²) in [6.45, 7) is 8.97. The zero-order chi connectivity index (χ0) is 14.9.